The van der Waals surface area contributed by atoms with Crippen molar-refractivity contribution in [3.63, 3.8) is 0 Å². The van der Waals surface area contributed by atoms with E-state index in [1.807, 2.05) is 6.66 Å². The highest BCUT2D eigenvalue weighted by Crippen LogP contribution is 2.11. The third-order valence-electron chi connectivity index (χ3n) is 0.824. The van der Waals surface area contributed by atoms with Crippen LogP contribution >= 0.6 is 20.8 Å². The van der Waals surface area contributed by atoms with E-state index in [-0.39, 0.29) is 10.8 Å². The van der Waals surface area contributed by atoms with Crippen molar-refractivity contribution in [1.82, 2.24) is 0 Å². The van der Waals surface area contributed by atoms with Crippen molar-refractivity contribution in [3.05, 3.63) is 35.1 Å². The van der Waals surface area contributed by atoms with Gasteiger partial charge in [-0.3, -0.25) is 0 Å². The molecule has 0 aliphatic carbocycles. The van der Waals surface area contributed by atoms with E-state index in [1.54, 1.807) is 12.1 Å². The minimum absolute atomic E-state index is 0.174. The van der Waals surface area contributed by atoms with E-state index in [9.17, 15) is 4.39 Å². The van der Waals surface area contributed by atoms with Gasteiger partial charge >= 0.3 is 0 Å². The standard InChI is InChI=1S/C6H4ClF.CH5P/c7-5-3-1-2-4-6(5)8;1-2/h1-4H;2H2,1H3. The number of rotatable bonds is 0. The molecule has 1 unspecified atom stereocenters. The summed E-state index contributed by atoms with van der Waals surface area (Å²) in [6, 6.07) is 6.12. The molecule has 1 rings (SSSR count). The molecule has 0 nitrogen and oxygen atoms in total. The van der Waals surface area contributed by atoms with Crippen LogP contribution in [0.1, 0.15) is 0 Å². The lowest BCUT2D eigenvalue weighted by atomic mass is 10.4. The van der Waals surface area contributed by atoms with Crippen molar-refractivity contribution in [3.8, 4) is 0 Å². The predicted molar refractivity (Wildman–Crippen MR) is 47.0 cm³/mol. The van der Waals surface area contributed by atoms with Crippen LogP contribution in [0.4, 0.5) is 4.39 Å². The van der Waals surface area contributed by atoms with Gasteiger partial charge in [-0.05, 0) is 12.1 Å². The summed E-state index contributed by atoms with van der Waals surface area (Å²) in [7, 11) is 2.42. The second-order valence-electron chi connectivity index (χ2n) is 1.41. The van der Waals surface area contributed by atoms with Gasteiger partial charge in [0.25, 0.3) is 0 Å². The Balaban J connectivity index is 0.000000371. The van der Waals surface area contributed by atoms with Crippen molar-refractivity contribution in [2.45, 2.75) is 0 Å². The molecule has 1 aromatic carbocycles. The van der Waals surface area contributed by atoms with E-state index in [1.165, 1.54) is 12.1 Å². The van der Waals surface area contributed by atoms with E-state index >= 15 is 0 Å². The molecule has 56 valence electrons. The lowest BCUT2D eigenvalue weighted by Crippen LogP contribution is -1.70. The van der Waals surface area contributed by atoms with E-state index in [0.717, 1.165) is 0 Å². The van der Waals surface area contributed by atoms with Crippen LogP contribution in [0, 0.1) is 5.82 Å². The molecule has 0 bridgehead atoms. The molecule has 0 amide bonds. The highest BCUT2D eigenvalue weighted by Gasteiger charge is 1.91. The Labute approximate surface area is 67.6 Å². The molecule has 0 aliphatic rings. The van der Waals surface area contributed by atoms with Crippen LogP contribution in [0.3, 0.4) is 0 Å². The molecule has 10 heavy (non-hydrogen) atoms. The molecule has 0 saturated carbocycles. The summed E-state index contributed by atoms with van der Waals surface area (Å²) in [6.07, 6.45) is 0. The average molecular weight is 179 g/mol. The molecule has 1 atom stereocenters. The van der Waals surface area contributed by atoms with Gasteiger partial charge in [-0.25, -0.2) is 4.39 Å². The first-order valence-electron chi connectivity index (χ1n) is 2.78. The summed E-state index contributed by atoms with van der Waals surface area (Å²) in [6.45, 7) is 1.92. The zero-order valence-corrected chi connectivity index (χ0v) is 7.55. The summed E-state index contributed by atoms with van der Waals surface area (Å²) in [5.41, 5.74) is 0. The maximum Gasteiger partial charge on any atom is 0.141 e. The molecule has 0 fully saturated rings. The Morgan fingerprint density at radius 3 is 2.10 bits per heavy atom. The third-order valence-corrected chi connectivity index (χ3v) is 1.13. The normalized spacial score (nSPS) is 8.00. The first-order valence-corrected chi connectivity index (χ1v) is 4.32. The maximum atomic E-state index is 12.2. The van der Waals surface area contributed by atoms with Crippen LogP contribution in [-0.4, -0.2) is 6.66 Å². The Hall–Kier alpha value is -0.130. The first-order chi connectivity index (χ1) is 4.80. The van der Waals surface area contributed by atoms with Gasteiger partial charge in [-0.15, -0.1) is 9.24 Å². The maximum absolute atomic E-state index is 12.2. The van der Waals surface area contributed by atoms with Crippen LogP contribution in [0.5, 0.6) is 0 Å². The minimum Gasteiger partial charge on any atom is -0.205 e. The summed E-state index contributed by atoms with van der Waals surface area (Å²) in [5, 5.41) is 0.174. The van der Waals surface area contributed by atoms with Crippen LogP contribution in [0.25, 0.3) is 0 Å². The molecule has 0 N–H and O–H groups in total. The molecule has 0 aromatic heterocycles. The zero-order valence-electron chi connectivity index (χ0n) is 5.64. The lowest BCUT2D eigenvalue weighted by molar-refractivity contribution is 0.628. The Kier molecular flexibility index (Phi) is 5.57. The fourth-order valence-electron chi connectivity index (χ4n) is 0.439. The Bertz CT molecular complexity index is 170. The summed E-state index contributed by atoms with van der Waals surface area (Å²) in [5.74, 6) is -0.367. The quantitative estimate of drug-likeness (QED) is 0.536. The van der Waals surface area contributed by atoms with Gasteiger partial charge in [-0.2, -0.15) is 0 Å². The van der Waals surface area contributed by atoms with Gasteiger partial charge in [0.2, 0.25) is 0 Å². The fraction of sp³-hybridized carbons (Fsp3) is 0.143. The average Bonchev–Trinajstić information content (AvgIpc) is 2.00. The van der Waals surface area contributed by atoms with Gasteiger partial charge < -0.3 is 0 Å². The molecule has 0 saturated heterocycles. The lowest BCUT2D eigenvalue weighted by Gasteiger charge is -1.86. The van der Waals surface area contributed by atoms with E-state index in [2.05, 4.69) is 9.24 Å². The van der Waals surface area contributed by atoms with E-state index in [0.29, 0.717) is 0 Å². The van der Waals surface area contributed by atoms with Gasteiger partial charge in [0.15, 0.2) is 0 Å². The molecule has 3 heteroatoms. The third kappa shape index (κ3) is 3.14. The van der Waals surface area contributed by atoms with Crippen LogP contribution < -0.4 is 0 Å². The number of hydrogen-bond donors (Lipinski definition) is 0. The van der Waals surface area contributed by atoms with Crippen LogP contribution in [-0.2, 0) is 0 Å². The Morgan fingerprint density at radius 1 is 1.30 bits per heavy atom. The summed E-state index contributed by atoms with van der Waals surface area (Å²) < 4.78 is 12.2. The smallest absolute Gasteiger partial charge is 0.141 e. The van der Waals surface area contributed by atoms with Crippen molar-refractivity contribution in [1.29, 1.82) is 0 Å². The zero-order chi connectivity index (χ0) is 7.98. The monoisotopic (exact) mass is 178 g/mol. The van der Waals surface area contributed by atoms with E-state index in [4.69, 9.17) is 11.6 Å². The fourth-order valence-corrected chi connectivity index (χ4v) is 0.575. The second-order valence-corrected chi connectivity index (χ2v) is 1.82. The molecule has 0 spiro atoms. The van der Waals surface area contributed by atoms with Crippen molar-refractivity contribution >= 4 is 20.8 Å². The molecule has 0 radical (unpaired) electrons. The molecular weight excluding hydrogens is 170 g/mol. The highest BCUT2D eigenvalue weighted by atomic mass is 35.5. The molecule has 0 aliphatic heterocycles. The summed E-state index contributed by atoms with van der Waals surface area (Å²) >= 11 is 5.33. The molecule has 1 aromatic rings. The molecule has 0 heterocycles. The largest absolute Gasteiger partial charge is 0.205 e. The van der Waals surface area contributed by atoms with Gasteiger partial charge in [0.1, 0.15) is 5.82 Å². The van der Waals surface area contributed by atoms with Gasteiger partial charge in [0, 0.05) is 0 Å². The van der Waals surface area contributed by atoms with Crippen molar-refractivity contribution in [2.75, 3.05) is 6.66 Å². The van der Waals surface area contributed by atoms with Crippen molar-refractivity contribution in [2.24, 2.45) is 0 Å². The van der Waals surface area contributed by atoms with Crippen molar-refractivity contribution < 1.29 is 4.39 Å². The first kappa shape index (κ1) is 9.87. The highest BCUT2D eigenvalue weighted by molar-refractivity contribution is 7.15. The minimum atomic E-state index is -0.367. The predicted octanol–water partition coefficient (Wildman–Crippen LogP) is 2.97. The topological polar surface area (TPSA) is 0 Å². The van der Waals surface area contributed by atoms with Gasteiger partial charge in [0.05, 0.1) is 5.02 Å². The van der Waals surface area contributed by atoms with Crippen LogP contribution in [0.2, 0.25) is 5.02 Å². The van der Waals surface area contributed by atoms with Gasteiger partial charge in [-0.1, -0.05) is 30.4 Å². The number of hydrogen-bond acceptors (Lipinski definition) is 0. The SMILES string of the molecule is CP.Fc1ccccc1Cl. The summed E-state index contributed by atoms with van der Waals surface area (Å²) in [4.78, 5) is 0. The Morgan fingerprint density at radius 2 is 1.80 bits per heavy atom. The second kappa shape index (κ2) is 5.64. The van der Waals surface area contributed by atoms with Crippen LogP contribution in [0.15, 0.2) is 24.3 Å². The van der Waals surface area contributed by atoms with E-state index < -0.39 is 0 Å². The number of benzene rings is 1. The molecular formula is C7H9ClFP. The number of halogens is 2.